The molecular formula is C21H25NO3. The molecule has 3 rings (SSSR count). The van der Waals surface area contributed by atoms with Crippen LogP contribution in [0.5, 0.6) is 11.5 Å². The molecule has 4 heteroatoms. The highest BCUT2D eigenvalue weighted by atomic mass is 16.5. The summed E-state index contributed by atoms with van der Waals surface area (Å²) in [5.74, 6) is 1.77. The normalized spacial score (nSPS) is 14.8. The lowest BCUT2D eigenvalue weighted by atomic mass is 9.84. The number of carbonyl (C=O) groups excluding carboxylic acids is 1. The van der Waals surface area contributed by atoms with Crippen LogP contribution in [0.3, 0.4) is 0 Å². The summed E-state index contributed by atoms with van der Waals surface area (Å²) in [6.45, 7) is 0. The fraction of sp³-hybridized carbons (Fsp3) is 0.381. The van der Waals surface area contributed by atoms with Gasteiger partial charge in [-0.25, -0.2) is 0 Å². The number of methoxy groups -OCH3 is 2. The SMILES string of the molecule is COc1ccc(OC)c(NC(=O)c2ccc(C3CCCCC3)cc2)c1. The fourth-order valence-electron chi connectivity index (χ4n) is 3.45. The lowest BCUT2D eigenvalue weighted by Gasteiger charge is -2.22. The van der Waals surface area contributed by atoms with E-state index in [1.54, 1.807) is 32.4 Å². The van der Waals surface area contributed by atoms with E-state index < -0.39 is 0 Å². The van der Waals surface area contributed by atoms with Crippen molar-refractivity contribution in [2.45, 2.75) is 38.0 Å². The Morgan fingerprint density at radius 1 is 0.960 bits per heavy atom. The summed E-state index contributed by atoms with van der Waals surface area (Å²) in [7, 11) is 3.17. The van der Waals surface area contributed by atoms with E-state index in [2.05, 4.69) is 17.4 Å². The van der Waals surface area contributed by atoms with Gasteiger partial charge in [-0.2, -0.15) is 0 Å². The second-order valence-electron chi connectivity index (χ2n) is 6.48. The second kappa shape index (κ2) is 8.06. The summed E-state index contributed by atoms with van der Waals surface area (Å²) in [4.78, 5) is 12.6. The van der Waals surface area contributed by atoms with E-state index in [1.165, 1.54) is 37.7 Å². The van der Waals surface area contributed by atoms with E-state index >= 15 is 0 Å². The molecule has 0 aliphatic heterocycles. The number of nitrogens with one attached hydrogen (secondary N) is 1. The first-order valence-corrected chi connectivity index (χ1v) is 8.84. The highest BCUT2D eigenvalue weighted by Crippen LogP contribution is 2.33. The lowest BCUT2D eigenvalue weighted by Crippen LogP contribution is -2.13. The largest absolute Gasteiger partial charge is 0.497 e. The van der Waals surface area contributed by atoms with Gasteiger partial charge in [0.1, 0.15) is 11.5 Å². The van der Waals surface area contributed by atoms with Crippen molar-refractivity contribution < 1.29 is 14.3 Å². The minimum Gasteiger partial charge on any atom is -0.497 e. The molecule has 1 fully saturated rings. The summed E-state index contributed by atoms with van der Waals surface area (Å²) in [5.41, 5.74) is 2.59. The number of benzene rings is 2. The predicted molar refractivity (Wildman–Crippen MR) is 99.8 cm³/mol. The maximum atomic E-state index is 12.6. The molecule has 1 aliphatic carbocycles. The Hall–Kier alpha value is -2.49. The van der Waals surface area contributed by atoms with Gasteiger partial charge in [0.2, 0.25) is 0 Å². The molecule has 0 aromatic heterocycles. The van der Waals surface area contributed by atoms with Gasteiger partial charge >= 0.3 is 0 Å². The van der Waals surface area contributed by atoms with Crippen molar-refractivity contribution in [2.75, 3.05) is 19.5 Å². The standard InChI is InChI=1S/C21H25NO3/c1-24-18-12-13-20(25-2)19(14-18)22-21(23)17-10-8-16(9-11-17)15-6-4-3-5-7-15/h8-15H,3-7H2,1-2H3,(H,22,23). The van der Waals surface area contributed by atoms with Crippen LogP contribution in [0, 0.1) is 0 Å². The van der Waals surface area contributed by atoms with Crippen molar-refractivity contribution in [3.8, 4) is 11.5 Å². The third-order valence-corrected chi connectivity index (χ3v) is 4.90. The van der Waals surface area contributed by atoms with Crippen molar-refractivity contribution in [1.82, 2.24) is 0 Å². The van der Waals surface area contributed by atoms with Gasteiger partial charge < -0.3 is 14.8 Å². The Bertz CT molecular complexity index is 718. The minimum absolute atomic E-state index is 0.151. The molecule has 1 N–H and O–H groups in total. The first-order valence-electron chi connectivity index (χ1n) is 8.84. The summed E-state index contributed by atoms with van der Waals surface area (Å²) >= 11 is 0. The summed E-state index contributed by atoms with van der Waals surface area (Å²) in [6.07, 6.45) is 6.48. The van der Waals surface area contributed by atoms with Crippen molar-refractivity contribution >= 4 is 11.6 Å². The molecule has 0 spiro atoms. The van der Waals surface area contributed by atoms with E-state index in [-0.39, 0.29) is 5.91 Å². The van der Waals surface area contributed by atoms with Gasteiger partial charge in [-0.15, -0.1) is 0 Å². The molecule has 0 atom stereocenters. The summed E-state index contributed by atoms with van der Waals surface area (Å²) < 4.78 is 10.5. The van der Waals surface area contributed by atoms with Gasteiger partial charge in [0.15, 0.2) is 0 Å². The number of amides is 1. The molecular weight excluding hydrogens is 314 g/mol. The first-order chi connectivity index (χ1) is 12.2. The highest BCUT2D eigenvalue weighted by Gasteiger charge is 2.16. The fourth-order valence-corrected chi connectivity index (χ4v) is 3.45. The summed E-state index contributed by atoms with van der Waals surface area (Å²) in [5, 5.41) is 2.91. The third kappa shape index (κ3) is 4.13. The molecule has 0 radical (unpaired) electrons. The van der Waals surface area contributed by atoms with Crippen LogP contribution in [0.15, 0.2) is 42.5 Å². The number of ether oxygens (including phenoxy) is 2. The Balaban J connectivity index is 1.73. The molecule has 0 bridgehead atoms. The number of hydrogen-bond acceptors (Lipinski definition) is 3. The van der Waals surface area contributed by atoms with Crippen LogP contribution in [0.1, 0.15) is 53.9 Å². The van der Waals surface area contributed by atoms with Crippen LogP contribution in [-0.4, -0.2) is 20.1 Å². The van der Waals surface area contributed by atoms with Gasteiger partial charge in [0.05, 0.1) is 19.9 Å². The molecule has 1 saturated carbocycles. The maximum absolute atomic E-state index is 12.6. The van der Waals surface area contributed by atoms with Gasteiger partial charge in [-0.3, -0.25) is 4.79 Å². The van der Waals surface area contributed by atoms with E-state index in [9.17, 15) is 4.79 Å². The molecule has 1 aliphatic rings. The average molecular weight is 339 g/mol. The van der Waals surface area contributed by atoms with Crippen molar-refractivity contribution in [3.63, 3.8) is 0 Å². The van der Waals surface area contributed by atoms with Gasteiger partial charge in [-0.05, 0) is 48.6 Å². The van der Waals surface area contributed by atoms with Crippen LogP contribution in [0.25, 0.3) is 0 Å². The Morgan fingerprint density at radius 2 is 1.68 bits per heavy atom. The monoisotopic (exact) mass is 339 g/mol. The van der Waals surface area contributed by atoms with E-state index in [0.717, 1.165) is 0 Å². The predicted octanol–water partition coefficient (Wildman–Crippen LogP) is 5.00. The highest BCUT2D eigenvalue weighted by molar-refractivity contribution is 6.05. The molecule has 0 heterocycles. The van der Waals surface area contributed by atoms with E-state index in [4.69, 9.17) is 9.47 Å². The molecule has 25 heavy (non-hydrogen) atoms. The smallest absolute Gasteiger partial charge is 0.255 e. The Labute approximate surface area is 149 Å². The molecule has 0 saturated heterocycles. The van der Waals surface area contributed by atoms with Crippen molar-refractivity contribution in [2.24, 2.45) is 0 Å². The zero-order valence-corrected chi connectivity index (χ0v) is 14.9. The van der Waals surface area contributed by atoms with Gasteiger partial charge in [0.25, 0.3) is 5.91 Å². The zero-order chi connectivity index (χ0) is 17.6. The van der Waals surface area contributed by atoms with Gasteiger partial charge in [0, 0.05) is 11.6 Å². The van der Waals surface area contributed by atoms with Gasteiger partial charge in [-0.1, -0.05) is 31.4 Å². The third-order valence-electron chi connectivity index (χ3n) is 4.90. The molecule has 1 amide bonds. The van der Waals surface area contributed by atoms with Crippen LogP contribution in [0.2, 0.25) is 0 Å². The first kappa shape index (κ1) is 17.3. The summed E-state index contributed by atoms with van der Waals surface area (Å²) in [6, 6.07) is 13.3. The number of anilines is 1. The Kier molecular flexibility index (Phi) is 5.59. The van der Waals surface area contributed by atoms with Crippen LogP contribution in [-0.2, 0) is 0 Å². The number of rotatable bonds is 5. The topological polar surface area (TPSA) is 47.6 Å². The lowest BCUT2D eigenvalue weighted by molar-refractivity contribution is 0.102. The van der Waals surface area contributed by atoms with E-state index in [1.807, 2.05) is 12.1 Å². The van der Waals surface area contributed by atoms with Crippen molar-refractivity contribution in [1.29, 1.82) is 0 Å². The number of carbonyl (C=O) groups is 1. The maximum Gasteiger partial charge on any atom is 0.255 e. The average Bonchev–Trinajstić information content (AvgIpc) is 2.68. The molecule has 2 aromatic rings. The zero-order valence-electron chi connectivity index (χ0n) is 14.9. The molecule has 2 aromatic carbocycles. The molecule has 4 nitrogen and oxygen atoms in total. The van der Waals surface area contributed by atoms with Crippen LogP contribution >= 0.6 is 0 Å². The van der Waals surface area contributed by atoms with E-state index in [0.29, 0.717) is 28.7 Å². The van der Waals surface area contributed by atoms with Crippen LogP contribution in [0.4, 0.5) is 5.69 Å². The van der Waals surface area contributed by atoms with Crippen molar-refractivity contribution in [3.05, 3.63) is 53.6 Å². The molecule has 132 valence electrons. The minimum atomic E-state index is -0.151. The quantitative estimate of drug-likeness (QED) is 0.833. The molecule has 0 unspecified atom stereocenters. The second-order valence-corrected chi connectivity index (χ2v) is 6.48. The number of hydrogen-bond donors (Lipinski definition) is 1. The van der Waals surface area contributed by atoms with Crippen LogP contribution < -0.4 is 14.8 Å². The Morgan fingerprint density at radius 3 is 2.32 bits per heavy atom.